The van der Waals surface area contributed by atoms with Crippen molar-refractivity contribution in [1.82, 2.24) is 19.4 Å². The molecule has 5 nitrogen and oxygen atoms in total. The van der Waals surface area contributed by atoms with Gasteiger partial charge in [0.1, 0.15) is 17.0 Å². The van der Waals surface area contributed by atoms with E-state index in [1.165, 1.54) is 16.7 Å². The normalized spacial score (nSPS) is 12.0. The fourth-order valence-corrected chi connectivity index (χ4v) is 2.02. The van der Waals surface area contributed by atoms with Gasteiger partial charge in [-0.2, -0.15) is 13.2 Å². The van der Waals surface area contributed by atoms with Crippen LogP contribution < -0.4 is 0 Å². The number of alkyl halides is 3. The van der Waals surface area contributed by atoms with E-state index in [2.05, 4.69) is 15.0 Å². The van der Waals surface area contributed by atoms with Gasteiger partial charge in [-0.1, -0.05) is 0 Å². The number of hydrogen-bond donors (Lipinski definition) is 1. The summed E-state index contributed by atoms with van der Waals surface area (Å²) >= 11 is 0. The summed E-state index contributed by atoms with van der Waals surface area (Å²) in [5.74, 6) is -0.237. The number of fused-ring (bicyclic) bond motifs is 1. The number of aromatic nitrogens is 4. The van der Waals surface area contributed by atoms with E-state index in [4.69, 9.17) is 5.11 Å². The highest BCUT2D eigenvalue weighted by Gasteiger charge is 2.31. The molecule has 21 heavy (non-hydrogen) atoms. The van der Waals surface area contributed by atoms with Crippen LogP contribution in [-0.4, -0.2) is 24.5 Å². The van der Waals surface area contributed by atoms with Crippen LogP contribution in [0.4, 0.5) is 13.2 Å². The SMILES string of the molecule is Cc1c(-c2cnc(O)cn2)nc2ccc(C(F)(F)F)cn12. The molecule has 0 bridgehead atoms. The first kappa shape index (κ1) is 13.3. The molecule has 0 amide bonds. The van der Waals surface area contributed by atoms with Gasteiger partial charge >= 0.3 is 6.18 Å². The molecular weight excluding hydrogens is 285 g/mol. The lowest BCUT2D eigenvalue weighted by Gasteiger charge is -2.07. The minimum atomic E-state index is -4.41. The minimum Gasteiger partial charge on any atom is -0.492 e. The summed E-state index contributed by atoms with van der Waals surface area (Å²) in [6, 6.07) is 2.28. The molecule has 0 aliphatic rings. The highest BCUT2D eigenvalue weighted by Crippen LogP contribution is 2.30. The van der Waals surface area contributed by atoms with Crippen LogP contribution in [0.3, 0.4) is 0 Å². The highest BCUT2D eigenvalue weighted by molar-refractivity contribution is 5.62. The third-order valence-electron chi connectivity index (χ3n) is 3.07. The number of imidazole rings is 1. The predicted molar refractivity (Wildman–Crippen MR) is 67.6 cm³/mol. The summed E-state index contributed by atoms with van der Waals surface area (Å²) < 4.78 is 39.6. The van der Waals surface area contributed by atoms with Gasteiger partial charge in [0.25, 0.3) is 0 Å². The number of rotatable bonds is 1. The van der Waals surface area contributed by atoms with Crippen molar-refractivity contribution in [2.45, 2.75) is 13.1 Å². The lowest BCUT2D eigenvalue weighted by Crippen LogP contribution is -2.06. The largest absolute Gasteiger partial charge is 0.492 e. The molecule has 8 heteroatoms. The van der Waals surface area contributed by atoms with Gasteiger partial charge in [-0.3, -0.25) is 0 Å². The van der Waals surface area contributed by atoms with Crippen LogP contribution in [0.2, 0.25) is 0 Å². The Morgan fingerprint density at radius 3 is 2.52 bits per heavy atom. The Bertz CT molecular complexity index is 809. The topological polar surface area (TPSA) is 63.3 Å². The first-order valence-corrected chi connectivity index (χ1v) is 5.93. The van der Waals surface area contributed by atoms with Gasteiger partial charge in [0.2, 0.25) is 5.88 Å². The predicted octanol–water partition coefficient (Wildman–Crippen LogP) is 2.82. The number of pyridine rings is 1. The van der Waals surface area contributed by atoms with Gasteiger partial charge in [0.05, 0.1) is 18.0 Å². The van der Waals surface area contributed by atoms with Crippen LogP contribution in [0.1, 0.15) is 11.3 Å². The Balaban J connectivity index is 2.18. The Labute approximate surface area is 116 Å². The molecule has 108 valence electrons. The molecule has 0 saturated carbocycles. The van der Waals surface area contributed by atoms with Crippen molar-refractivity contribution in [1.29, 1.82) is 0 Å². The van der Waals surface area contributed by atoms with Gasteiger partial charge in [0, 0.05) is 11.9 Å². The second-order valence-electron chi connectivity index (χ2n) is 4.45. The fraction of sp³-hybridized carbons (Fsp3) is 0.154. The Kier molecular flexibility index (Phi) is 2.82. The van der Waals surface area contributed by atoms with E-state index in [1.54, 1.807) is 6.92 Å². The van der Waals surface area contributed by atoms with Crippen LogP contribution in [0.25, 0.3) is 17.0 Å². The molecule has 0 aliphatic carbocycles. The second-order valence-corrected chi connectivity index (χ2v) is 4.45. The van der Waals surface area contributed by atoms with Crippen molar-refractivity contribution in [3.05, 3.63) is 42.0 Å². The van der Waals surface area contributed by atoms with E-state index in [0.29, 0.717) is 22.7 Å². The number of halogens is 3. The maximum absolute atomic E-state index is 12.7. The lowest BCUT2D eigenvalue weighted by molar-refractivity contribution is -0.137. The summed E-state index contributed by atoms with van der Waals surface area (Å²) in [4.78, 5) is 11.9. The van der Waals surface area contributed by atoms with Crippen molar-refractivity contribution in [2.75, 3.05) is 0 Å². The molecule has 0 saturated heterocycles. The maximum Gasteiger partial charge on any atom is 0.417 e. The number of aryl methyl sites for hydroxylation is 1. The Morgan fingerprint density at radius 2 is 1.90 bits per heavy atom. The van der Waals surface area contributed by atoms with Gasteiger partial charge in [-0.15, -0.1) is 0 Å². The summed E-state index contributed by atoms with van der Waals surface area (Å²) in [5, 5.41) is 9.11. The minimum absolute atomic E-state index is 0.237. The Hall–Kier alpha value is -2.64. The molecule has 0 unspecified atom stereocenters. The average molecular weight is 294 g/mol. The molecule has 0 aliphatic heterocycles. The van der Waals surface area contributed by atoms with Crippen molar-refractivity contribution in [3.8, 4) is 17.3 Å². The van der Waals surface area contributed by atoms with Crippen molar-refractivity contribution in [3.63, 3.8) is 0 Å². The van der Waals surface area contributed by atoms with Gasteiger partial charge in [-0.05, 0) is 19.1 Å². The fourth-order valence-electron chi connectivity index (χ4n) is 2.02. The van der Waals surface area contributed by atoms with Crippen LogP contribution in [0, 0.1) is 6.92 Å². The molecule has 0 spiro atoms. The quantitative estimate of drug-likeness (QED) is 0.749. The summed E-state index contributed by atoms with van der Waals surface area (Å²) in [7, 11) is 0. The van der Waals surface area contributed by atoms with Gasteiger partial charge in [-0.25, -0.2) is 15.0 Å². The van der Waals surface area contributed by atoms with Gasteiger partial charge < -0.3 is 9.51 Å². The van der Waals surface area contributed by atoms with E-state index >= 15 is 0 Å². The zero-order valence-corrected chi connectivity index (χ0v) is 10.8. The molecule has 0 aromatic carbocycles. The number of nitrogens with zero attached hydrogens (tertiary/aromatic N) is 4. The molecule has 0 radical (unpaired) electrons. The van der Waals surface area contributed by atoms with E-state index in [0.717, 1.165) is 18.5 Å². The molecule has 3 aromatic rings. The zero-order chi connectivity index (χ0) is 15.2. The lowest BCUT2D eigenvalue weighted by atomic mass is 10.2. The van der Waals surface area contributed by atoms with Crippen molar-refractivity contribution < 1.29 is 18.3 Å². The third-order valence-corrected chi connectivity index (χ3v) is 3.07. The molecular formula is C13H9F3N4O. The average Bonchev–Trinajstić information content (AvgIpc) is 2.76. The first-order valence-electron chi connectivity index (χ1n) is 5.93. The van der Waals surface area contributed by atoms with Crippen LogP contribution >= 0.6 is 0 Å². The summed E-state index contributed by atoms with van der Waals surface area (Å²) in [5.41, 5.74) is 0.935. The smallest absolute Gasteiger partial charge is 0.417 e. The number of aromatic hydroxyl groups is 1. The molecule has 3 aromatic heterocycles. The van der Waals surface area contributed by atoms with E-state index in [1.807, 2.05) is 0 Å². The van der Waals surface area contributed by atoms with Crippen molar-refractivity contribution in [2.24, 2.45) is 0 Å². The maximum atomic E-state index is 12.7. The zero-order valence-electron chi connectivity index (χ0n) is 10.8. The van der Waals surface area contributed by atoms with E-state index < -0.39 is 11.7 Å². The van der Waals surface area contributed by atoms with E-state index in [-0.39, 0.29) is 5.88 Å². The summed E-state index contributed by atoms with van der Waals surface area (Å²) in [6.45, 7) is 1.64. The summed E-state index contributed by atoms with van der Waals surface area (Å²) in [6.07, 6.45) is -0.951. The Morgan fingerprint density at radius 1 is 1.14 bits per heavy atom. The van der Waals surface area contributed by atoms with Crippen molar-refractivity contribution >= 4 is 5.65 Å². The standard InChI is InChI=1S/C13H9F3N4O/c1-7-12(9-4-18-11(21)5-17-9)19-10-3-2-8(6-20(7)10)13(14,15)16/h2-6H,1H3,(H,18,21). The number of hydrogen-bond acceptors (Lipinski definition) is 4. The third kappa shape index (κ3) is 2.28. The molecule has 0 atom stereocenters. The van der Waals surface area contributed by atoms with Crippen LogP contribution in [-0.2, 0) is 6.18 Å². The molecule has 3 rings (SSSR count). The monoisotopic (exact) mass is 294 g/mol. The second kappa shape index (κ2) is 4.44. The van der Waals surface area contributed by atoms with Crippen LogP contribution in [0.15, 0.2) is 30.7 Å². The highest BCUT2D eigenvalue weighted by atomic mass is 19.4. The molecule has 3 heterocycles. The van der Waals surface area contributed by atoms with Gasteiger partial charge in [0.15, 0.2) is 0 Å². The first-order chi connectivity index (χ1) is 9.86. The van der Waals surface area contributed by atoms with E-state index in [9.17, 15) is 13.2 Å². The van der Waals surface area contributed by atoms with Crippen LogP contribution in [0.5, 0.6) is 5.88 Å². The molecule has 1 N–H and O–H groups in total. The molecule has 0 fully saturated rings.